The molecule has 0 atom stereocenters. The van der Waals surface area contributed by atoms with Crippen LogP contribution in [0.2, 0.25) is 0 Å². The van der Waals surface area contributed by atoms with Crippen LogP contribution < -0.4 is 5.73 Å². The lowest BCUT2D eigenvalue weighted by atomic mass is 9.68. The van der Waals surface area contributed by atoms with E-state index in [1.54, 1.807) is 0 Å². The van der Waals surface area contributed by atoms with E-state index in [1.165, 1.54) is 43.2 Å². The summed E-state index contributed by atoms with van der Waals surface area (Å²) in [6, 6.07) is 9.10. The molecule has 1 aromatic rings. The summed E-state index contributed by atoms with van der Waals surface area (Å²) in [4.78, 5) is 2.43. The van der Waals surface area contributed by atoms with Crippen LogP contribution in [0.3, 0.4) is 0 Å². The van der Waals surface area contributed by atoms with E-state index in [4.69, 9.17) is 5.73 Å². The fourth-order valence-electron chi connectivity index (χ4n) is 3.14. The maximum Gasteiger partial charge on any atom is 0.0230 e. The maximum atomic E-state index is 5.94. The summed E-state index contributed by atoms with van der Waals surface area (Å²) in [6.07, 6.45) is 6.38. The number of nitrogens with zero attached hydrogens (tertiary/aromatic N) is 1. The largest absolute Gasteiger partial charge is 0.330 e. The molecule has 2 rings (SSSR count). The first kappa shape index (κ1) is 14.5. The molecule has 0 heterocycles. The van der Waals surface area contributed by atoms with E-state index in [1.807, 2.05) is 0 Å². The van der Waals surface area contributed by atoms with Gasteiger partial charge >= 0.3 is 0 Å². The third-order valence-corrected chi connectivity index (χ3v) is 4.47. The first-order valence-electron chi connectivity index (χ1n) is 7.64. The van der Waals surface area contributed by atoms with Crippen molar-refractivity contribution < 1.29 is 0 Å². The van der Waals surface area contributed by atoms with Gasteiger partial charge < -0.3 is 10.6 Å². The van der Waals surface area contributed by atoms with Gasteiger partial charge in [0, 0.05) is 13.1 Å². The average Bonchev–Trinajstić information content (AvgIpc) is 2.37. The molecule has 0 amide bonds. The van der Waals surface area contributed by atoms with Gasteiger partial charge in [-0.15, -0.1) is 0 Å². The minimum Gasteiger partial charge on any atom is -0.330 e. The summed E-state index contributed by atoms with van der Waals surface area (Å²) < 4.78 is 0. The van der Waals surface area contributed by atoms with Crippen LogP contribution in [0.25, 0.3) is 0 Å². The Morgan fingerprint density at radius 1 is 1.16 bits per heavy atom. The highest BCUT2D eigenvalue weighted by Crippen LogP contribution is 2.40. The van der Waals surface area contributed by atoms with Gasteiger partial charge in [-0.25, -0.2) is 0 Å². The lowest BCUT2D eigenvalue weighted by Gasteiger charge is -2.43. The first-order valence-corrected chi connectivity index (χ1v) is 7.64. The number of hydrogen-bond acceptors (Lipinski definition) is 2. The standard InChI is InChI=1S/C17H28N2/c1-3-5-15-6-8-16(9-7-15)12-19(2)14-17(13-18)10-4-11-17/h6-9H,3-5,10-14,18H2,1-2H3. The SMILES string of the molecule is CCCc1ccc(CN(C)CC2(CN)CCC2)cc1. The molecule has 106 valence electrons. The van der Waals surface area contributed by atoms with Crippen LogP contribution in [0.1, 0.15) is 43.7 Å². The Morgan fingerprint density at radius 2 is 1.79 bits per heavy atom. The Hall–Kier alpha value is -0.860. The van der Waals surface area contributed by atoms with Crippen LogP contribution in [0.5, 0.6) is 0 Å². The summed E-state index contributed by atoms with van der Waals surface area (Å²) in [6.45, 7) is 5.24. The van der Waals surface area contributed by atoms with Gasteiger partial charge in [0.05, 0.1) is 0 Å². The second-order valence-corrected chi connectivity index (χ2v) is 6.30. The van der Waals surface area contributed by atoms with E-state index in [9.17, 15) is 0 Å². The first-order chi connectivity index (χ1) is 9.17. The van der Waals surface area contributed by atoms with Gasteiger partial charge in [0.15, 0.2) is 0 Å². The van der Waals surface area contributed by atoms with Crippen molar-refractivity contribution in [2.75, 3.05) is 20.1 Å². The van der Waals surface area contributed by atoms with E-state index in [0.29, 0.717) is 5.41 Å². The number of benzene rings is 1. The Kier molecular flexibility index (Phi) is 5.00. The van der Waals surface area contributed by atoms with E-state index in [0.717, 1.165) is 19.6 Å². The molecular weight excluding hydrogens is 232 g/mol. The highest BCUT2D eigenvalue weighted by molar-refractivity contribution is 5.22. The topological polar surface area (TPSA) is 29.3 Å². The molecule has 1 aliphatic rings. The lowest BCUT2D eigenvalue weighted by Crippen LogP contribution is -2.45. The van der Waals surface area contributed by atoms with Gasteiger partial charge in [0.2, 0.25) is 0 Å². The van der Waals surface area contributed by atoms with Gasteiger partial charge in [0.1, 0.15) is 0 Å². The minimum absolute atomic E-state index is 0.414. The predicted molar refractivity (Wildman–Crippen MR) is 82.1 cm³/mol. The highest BCUT2D eigenvalue weighted by atomic mass is 15.1. The highest BCUT2D eigenvalue weighted by Gasteiger charge is 2.36. The lowest BCUT2D eigenvalue weighted by molar-refractivity contribution is 0.0845. The van der Waals surface area contributed by atoms with Crippen molar-refractivity contribution in [2.24, 2.45) is 11.1 Å². The summed E-state index contributed by atoms with van der Waals surface area (Å²) in [5, 5.41) is 0. The van der Waals surface area contributed by atoms with Gasteiger partial charge in [0.25, 0.3) is 0 Å². The van der Waals surface area contributed by atoms with Crippen molar-refractivity contribution >= 4 is 0 Å². The number of nitrogens with two attached hydrogens (primary N) is 1. The van der Waals surface area contributed by atoms with Gasteiger partial charge in [-0.1, -0.05) is 44.0 Å². The van der Waals surface area contributed by atoms with Gasteiger partial charge in [-0.3, -0.25) is 0 Å². The maximum absolute atomic E-state index is 5.94. The second kappa shape index (κ2) is 6.53. The van der Waals surface area contributed by atoms with Crippen LogP contribution in [0.15, 0.2) is 24.3 Å². The number of aryl methyl sites for hydroxylation is 1. The molecule has 0 unspecified atom stereocenters. The Morgan fingerprint density at radius 3 is 2.26 bits per heavy atom. The summed E-state index contributed by atoms with van der Waals surface area (Å²) in [5.74, 6) is 0. The Balaban J connectivity index is 1.86. The van der Waals surface area contributed by atoms with E-state index < -0.39 is 0 Å². The molecule has 0 aliphatic heterocycles. The summed E-state index contributed by atoms with van der Waals surface area (Å²) in [5.41, 5.74) is 9.21. The van der Waals surface area contributed by atoms with Crippen LogP contribution in [-0.4, -0.2) is 25.0 Å². The third-order valence-electron chi connectivity index (χ3n) is 4.47. The fraction of sp³-hybridized carbons (Fsp3) is 0.647. The molecule has 1 aromatic carbocycles. The molecule has 2 N–H and O–H groups in total. The molecule has 0 radical (unpaired) electrons. The normalized spacial score (nSPS) is 17.5. The van der Waals surface area contributed by atoms with Gasteiger partial charge in [-0.05, 0) is 49.4 Å². The van der Waals surface area contributed by atoms with Crippen molar-refractivity contribution in [1.82, 2.24) is 4.90 Å². The molecule has 0 aromatic heterocycles. The van der Waals surface area contributed by atoms with E-state index in [-0.39, 0.29) is 0 Å². The van der Waals surface area contributed by atoms with Crippen molar-refractivity contribution in [3.05, 3.63) is 35.4 Å². The van der Waals surface area contributed by atoms with Crippen LogP contribution in [0.4, 0.5) is 0 Å². The second-order valence-electron chi connectivity index (χ2n) is 6.30. The van der Waals surface area contributed by atoms with Crippen LogP contribution in [-0.2, 0) is 13.0 Å². The van der Waals surface area contributed by atoms with Crippen molar-refractivity contribution in [2.45, 2.75) is 45.6 Å². The van der Waals surface area contributed by atoms with Crippen LogP contribution in [0, 0.1) is 5.41 Å². The molecule has 0 bridgehead atoms. The summed E-state index contributed by atoms with van der Waals surface area (Å²) in [7, 11) is 2.22. The smallest absolute Gasteiger partial charge is 0.0230 e. The average molecular weight is 260 g/mol. The van der Waals surface area contributed by atoms with Crippen LogP contribution >= 0.6 is 0 Å². The predicted octanol–water partition coefficient (Wildman–Crippen LogP) is 3.20. The number of hydrogen-bond donors (Lipinski definition) is 1. The molecule has 1 fully saturated rings. The van der Waals surface area contributed by atoms with Crippen molar-refractivity contribution in [1.29, 1.82) is 0 Å². The molecule has 19 heavy (non-hydrogen) atoms. The Labute approximate surface area is 118 Å². The zero-order valence-electron chi connectivity index (χ0n) is 12.5. The molecule has 2 nitrogen and oxygen atoms in total. The van der Waals surface area contributed by atoms with Crippen molar-refractivity contribution in [3.63, 3.8) is 0 Å². The monoisotopic (exact) mass is 260 g/mol. The molecular formula is C17H28N2. The zero-order valence-corrected chi connectivity index (χ0v) is 12.5. The number of rotatable bonds is 7. The quantitative estimate of drug-likeness (QED) is 0.816. The van der Waals surface area contributed by atoms with E-state index in [2.05, 4.69) is 43.1 Å². The van der Waals surface area contributed by atoms with Gasteiger partial charge in [-0.2, -0.15) is 0 Å². The molecule has 1 aliphatic carbocycles. The molecule has 2 heteroatoms. The van der Waals surface area contributed by atoms with Crippen molar-refractivity contribution in [3.8, 4) is 0 Å². The fourth-order valence-corrected chi connectivity index (χ4v) is 3.14. The molecule has 0 spiro atoms. The molecule has 1 saturated carbocycles. The third kappa shape index (κ3) is 3.80. The zero-order chi connectivity index (χ0) is 13.7. The summed E-state index contributed by atoms with van der Waals surface area (Å²) >= 11 is 0. The molecule has 0 saturated heterocycles. The minimum atomic E-state index is 0.414. The van der Waals surface area contributed by atoms with E-state index >= 15 is 0 Å². The Bertz CT molecular complexity index is 373.